The topological polar surface area (TPSA) is 50.1 Å². The van der Waals surface area contributed by atoms with Crippen LogP contribution in [-0.4, -0.2) is 60.3 Å². The van der Waals surface area contributed by atoms with Crippen molar-refractivity contribution >= 4 is 16.5 Å². The minimum atomic E-state index is -4.73. The molecular weight excluding hydrogens is 447 g/mol. The standard InChI is InChI=1S/C25H28F3N3O3/c1-33-22-13-20(30-11-10-29-9-3-2-4-19(29)16-30)12-18-15-31(24(32)23(18)22)14-17-5-7-21(8-6-17)34-25(26,27)28/h5-8,12-13,15,19,32H,2-4,9-11,14,16H2,1H3. The summed E-state index contributed by atoms with van der Waals surface area (Å²) in [5.41, 5.74) is 1.80. The maximum absolute atomic E-state index is 12.4. The molecule has 0 amide bonds. The molecule has 2 aromatic carbocycles. The molecule has 5 rings (SSSR count). The molecule has 1 unspecified atom stereocenters. The highest BCUT2D eigenvalue weighted by molar-refractivity contribution is 5.96. The number of piperidine rings is 1. The number of aromatic nitrogens is 1. The van der Waals surface area contributed by atoms with Gasteiger partial charge in [0.05, 0.1) is 19.0 Å². The number of anilines is 1. The monoisotopic (exact) mass is 475 g/mol. The van der Waals surface area contributed by atoms with Crippen LogP contribution in [0, 0.1) is 0 Å². The molecule has 1 N–H and O–H groups in total. The first-order valence-corrected chi connectivity index (χ1v) is 11.5. The van der Waals surface area contributed by atoms with Gasteiger partial charge in [0, 0.05) is 49.0 Å². The number of fused-ring (bicyclic) bond motifs is 2. The quantitative estimate of drug-likeness (QED) is 0.564. The van der Waals surface area contributed by atoms with Crippen molar-refractivity contribution in [2.45, 2.75) is 38.2 Å². The number of methoxy groups -OCH3 is 1. The molecule has 1 atom stereocenters. The lowest BCUT2D eigenvalue weighted by Gasteiger charge is -2.45. The molecule has 2 aliphatic rings. The third-order valence-corrected chi connectivity index (χ3v) is 6.84. The molecule has 3 aromatic rings. The summed E-state index contributed by atoms with van der Waals surface area (Å²) in [6.07, 6.45) is 0.905. The van der Waals surface area contributed by atoms with Crippen LogP contribution in [0.25, 0.3) is 10.8 Å². The molecular formula is C25H28F3N3O3. The fourth-order valence-electron chi connectivity index (χ4n) is 5.18. The molecule has 0 radical (unpaired) electrons. The third kappa shape index (κ3) is 4.61. The summed E-state index contributed by atoms with van der Waals surface area (Å²) in [5.74, 6) is 0.386. The van der Waals surface area contributed by atoms with E-state index in [9.17, 15) is 18.3 Å². The smallest absolute Gasteiger partial charge is 0.496 e. The number of hydrogen-bond donors (Lipinski definition) is 1. The van der Waals surface area contributed by atoms with Gasteiger partial charge in [-0.2, -0.15) is 0 Å². The predicted molar refractivity (Wildman–Crippen MR) is 124 cm³/mol. The molecule has 1 aromatic heterocycles. The zero-order valence-corrected chi connectivity index (χ0v) is 19.0. The molecule has 2 fully saturated rings. The fourth-order valence-corrected chi connectivity index (χ4v) is 5.18. The minimum absolute atomic E-state index is 0.0612. The van der Waals surface area contributed by atoms with E-state index in [1.807, 2.05) is 12.3 Å². The molecule has 0 spiro atoms. The molecule has 3 heterocycles. The molecule has 34 heavy (non-hydrogen) atoms. The molecule has 9 heteroatoms. The van der Waals surface area contributed by atoms with E-state index in [0.29, 0.717) is 23.7 Å². The van der Waals surface area contributed by atoms with E-state index in [1.54, 1.807) is 23.8 Å². The number of aromatic hydroxyl groups is 1. The lowest BCUT2D eigenvalue weighted by molar-refractivity contribution is -0.274. The van der Waals surface area contributed by atoms with E-state index in [1.165, 1.54) is 37.9 Å². The Labute approximate surface area is 196 Å². The number of benzene rings is 2. The van der Waals surface area contributed by atoms with Gasteiger partial charge in [0.2, 0.25) is 5.88 Å². The Hall–Kier alpha value is -3.07. The highest BCUT2D eigenvalue weighted by Gasteiger charge is 2.31. The molecule has 0 bridgehead atoms. The van der Waals surface area contributed by atoms with E-state index >= 15 is 0 Å². The number of halogens is 3. The van der Waals surface area contributed by atoms with Gasteiger partial charge in [0.25, 0.3) is 0 Å². The Kier molecular flexibility index (Phi) is 5.97. The lowest BCUT2D eigenvalue weighted by atomic mass is 9.99. The van der Waals surface area contributed by atoms with Crippen molar-refractivity contribution in [2.75, 3.05) is 38.2 Å². The summed E-state index contributed by atoms with van der Waals surface area (Å²) in [6, 6.07) is 10.3. The first-order valence-electron chi connectivity index (χ1n) is 11.5. The Morgan fingerprint density at radius 1 is 1.06 bits per heavy atom. The normalized spacial score (nSPS) is 19.3. The van der Waals surface area contributed by atoms with Gasteiger partial charge in [-0.1, -0.05) is 18.6 Å². The largest absolute Gasteiger partial charge is 0.573 e. The van der Waals surface area contributed by atoms with Crippen molar-refractivity contribution in [3.8, 4) is 17.4 Å². The van der Waals surface area contributed by atoms with Gasteiger partial charge in [-0.25, -0.2) is 0 Å². The second kappa shape index (κ2) is 8.94. The second-order valence-corrected chi connectivity index (χ2v) is 9.02. The van der Waals surface area contributed by atoms with Crippen LogP contribution in [0.2, 0.25) is 0 Å². The first-order chi connectivity index (χ1) is 16.3. The van der Waals surface area contributed by atoms with Crippen molar-refractivity contribution in [1.82, 2.24) is 9.47 Å². The van der Waals surface area contributed by atoms with Crippen LogP contribution in [0.3, 0.4) is 0 Å². The number of alkyl halides is 3. The number of rotatable bonds is 5. The van der Waals surface area contributed by atoms with Gasteiger partial charge in [-0.05, 0) is 43.1 Å². The summed E-state index contributed by atoms with van der Waals surface area (Å²) in [7, 11) is 1.59. The molecule has 182 valence electrons. The Morgan fingerprint density at radius 2 is 1.85 bits per heavy atom. The summed E-state index contributed by atoms with van der Waals surface area (Å²) in [6.45, 7) is 4.45. The van der Waals surface area contributed by atoms with Crippen LogP contribution < -0.4 is 14.4 Å². The maximum Gasteiger partial charge on any atom is 0.573 e. The second-order valence-electron chi connectivity index (χ2n) is 9.02. The zero-order chi connectivity index (χ0) is 23.9. The van der Waals surface area contributed by atoms with Crippen molar-refractivity contribution in [3.63, 3.8) is 0 Å². The van der Waals surface area contributed by atoms with Crippen LogP contribution in [0.4, 0.5) is 18.9 Å². The Bertz CT molecular complexity index is 1160. The van der Waals surface area contributed by atoms with Crippen molar-refractivity contribution < 1.29 is 27.8 Å². The van der Waals surface area contributed by atoms with Gasteiger partial charge < -0.3 is 24.0 Å². The van der Waals surface area contributed by atoms with E-state index in [4.69, 9.17) is 4.74 Å². The van der Waals surface area contributed by atoms with Crippen LogP contribution in [0.15, 0.2) is 42.6 Å². The fraction of sp³-hybridized carbons (Fsp3) is 0.440. The van der Waals surface area contributed by atoms with E-state index in [-0.39, 0.29) is 11.6 Å². The summed E-state index contributed by atoms with van der Waals surface area (Å²) >= 11 is 0. The molecule has 6 nitrogen and oxygen atoms in total. The summed E-state index contributed by atoms with van der Waals surface area (Å²) in [5, 5.41) is 12.4. The number of ether oxygens (including phenoxy) is 2. The SMILES string of the molecule is COc1cc(N2CCN3CCCCC3C2)cc2cn(Cc3ccc(OC(F)(F)F)cc3)c(O)c12. The van der Waals surface area contributed by atoms with E-state index in [0.717, 1.165) is 36.3 Å². The van der Waals surface area contributed by atoms with Gasteiger partial charge in [-0.3, -0.25) is 4.90 Å². The van der Waals surface area contributed by atoms with Crippen LogP contribution in [-0.2, 0) is 6.54 Å². The highest BCUT2D eigenvalue weighted by atomic mass is 19.4. The Balaban J connectivity index is 1.40. The minimum Gasteiger partial charge on any atom is -0.496 e. The lowest BCUT2D eigenvalue weighted by Crippen LogP contribution is -2.54. The van der Waals surface area contributed by atoms with E-state index in [2.05, 4.69) is 20.6 Å². The van der Waals surface area contributed by atoms with Crippen molar-refractivity contribution in [1.29, 1.82) is 0 Å². The molecule has 2 aliphatic heterocycles. The van der Waals surface area contributed by atoms with Crippen molar-refractivity contribution in [2.24, 2.45) is 0 Å². The predicted octanol–water partition coefficient (Wildman–Crippen LogP) is 4.98. The highest BCUT2D eigenvalue weighted by Crippen LogP contribution is 2.40. The van der Waals surface area contributed by atoms with Gasteiger partial charge in [-0.15, -0.1) is 13.2 Å². The maximum atomic E-state index is 12.4. The number of hydrogen-bond acceptors (Lipinski definition) is 5. The van der Waals surface area contributed by atoms with Crippen LogP contribution >= 0.6 is 0 Å². The molecule has 0 saturated carbocycles. The van der Waals surface area contributed by atoms with Crippen LogP contribution in [0.5, 0.6) is 17.4 Å². The Morgan fingerprint density at radius 3 is 2.59 bits per heavy atom. The first kappa shape index (κ1) is 22.7. The van der Waals surface area contributed by atoms with Gasteiger partial charge in [0.1, 0.15) is 11.5 Å². The third-order valence-electron chi connectivity index (χ3n) is 6.84. The average Bonchev–Trinajstić information content (AvgIpc) is 3.13. The number of nitrogens with zero attached hydrogens (tertiary/aromatic N) is 3. The summed E-state index contributed by atoms with van der Waals surface area (Å²) in [4.78, 5) is 4.98. The zero-order valence-electron chi connectivity index (χ0n) is 19.0. The van der Waals surface area contributed by atoms with E-state index < -0.39 is 6.36 Å². The number of piperazine rings is 1. The van der Waals surface area contributed by atoms with Crippen molar-refractivity contribution in [3.05, 3.63) is 48.2 Å². The summed E-state index contributed by atoms with van der Waals surface area (Å²) < 4.78 is 48.5. The molecule has 0 aliphatic carbocycles. The average molecular weight is 476 g/mol. The van der Waals surface area contributed by atoms with Gasteiger partial charge in [0.15, 0.2) is 0 Å². The molecule has 2 saturated heterocycles. The van der Waals surface area contributed by atoms with Gasteiger partial charge >= 0.3 is 6.36 Å². The van der Waals surface area contributed by atoms with Crippen LogP contribution in [0.1, 0.15) is 24.8 Å².